The van der Waals surface area contributed by atoms with Crippen molar-refractivity contribution in [1.29, 1.82) is 0 Å². The molecule has 2 aliphatic rings. The highest BCUT2D eigenvalue weighted by molar-refractivity contribution is 6.05. The van der Waals surface area contributed by atoms with E-state index in [1.807, 2.05) is 65.6 Å². The van der Waals surface area contributed by atoms with Gasteiger partial charge in [0, 0.05) is 44.2 Å². The van der Waals surface area contributed by atoms with Gasteiger partial charge in [-0.15, -0.1) is 0 Å². The van der Waals surface area contributed by atoms with Gasteiger partial charge in [0.05, 0.1) is 5.60 Å². The van der Waals surface area contributed by atoms with Crippen molar-refractivity contribution >= 4 is 22.6 Å². The lowest BCUT2D eigenvalue weighted by atomic mass is 9.78. The molecule has 34 heavy (non-hydrogen) atoms. The Morgan fingerprint density at radius 2 is 1.79 bits per heavy atom. The number of fused-ring (bicyclic) bond motifs is 1. The molecule has 2 aromatic carbocycles. The number of nitrogens with zero attached hydrogens (tertiary/aromatic N) is 2. The highest BCUT2D eigenvalue weighted by Gasteiger charge is 2.41. The second-order valence-electron chi connectivity index (χ2n) is 9.53. The Balaban J connectivity index is 1.16. The van der Waals surface area contributed by atoms with Crippen LogP contribution in [0.3, 0.4) is 0 Å². The smallest absolute Gasteiger partial charge is 0.273 e. The first-order chi connectivity index (χ1) is 16.6. The maximum atomic E-state index is 13.3. The molecule has 2 fully saturated rings. The van der Waals surface area contributed by atoms with E-state index in [0.29, 0.717) is 44.3 Å². The van der Waals surface area contributed by atoms with E-state index in [4.69, 9.17) is 4.74 Å². The molecule has 0 aliphatic carbocycles. The maximum absolute atomic E-state index is 13.3. The summed E-state index contributed by atoms with van der Waals surface area (Å²) in [5.41, 5.74) is 1.40. The molecule has 0 bridgehead atoms. The lowest BCUT2D eigenvalue weighted by molar-refractivity contribution is -0.134. The van der Waals surface area contributed by atoms with Gasteiger partial charge < -0.3 is 15.0 Å². The Kier molecular flexibility index (Phi) is 6.59. The molecule has 1 atom stereocenters. The lowest BCUT2D eigenvalue weighted by Crippen LogP contribution is -2.51. The number of carbonyl (C=O) groups is 2. The fourth-order valence-corrected chi connectivity index (χ4v) is 5.34. The van der Waals surface area contributed by atoms with Crippen LogP contribution in [-0.4, -0.2) is 47.0 Å². The Labute approximate surface area is 200 Å². The van der Waals surface area contributed by atoms with Crippen LogP contribution >= 0.6 is 0 Å². The summed E-state index contributed by atoms with van der Waals surface area (Å²) in [6.07, 6.45) is 5.61. The minimum atomic E-state index is -0.231. The molecular formula is C28H31N3O3. The lowest BCUT2D eigenvalue weighted by Gasteiger charge is -2.46. The third-order valence-electron chi connectivity index (χ3n) is 7.24. The molecule has 1 unspecified atom stereocenters. The molecule has 176 valence electrons. The predicted molar refractivity (Wildman–Crippen MR) is 131 cm³/mol. The molecule has 5 rings (SSSR count). The second-order valence-corrected chi connectivity index (χ2v) is 9.53. The van der Waals surface area contributed by atoms with E-state index in [1.165, 1.54) is 0 Å². The predicted octanol–water partition coefficient (Wildman–Crippen LogP) is 4.34. The van der Waals surface area contributed by atoms with Gasteiger partial charge in [-0.05, 0) is 48.6 Å². The van der Waals surface area contributed by atoms with Crippen LogP contribution in [0.15, 0.2) is 66.9 Å². The van der Waals surface area contributed by atoms with Crippen LogP contribution in [0, 0.1) is 5.92 Å². The van der Waals surface area contributed by atoms with Crippen molar-refractivity contribution in [2.75, 3.05) is 19.7 Å². The molecule has 0 saturated carbocycles. The summed E-state index contributed by atoms with van der Waals surface area (Å²) in [5.74, 6) is 0.395. The summed E-state index contributed by atoms with van der Waals surface area (Å²) in [6, 6.07) is 19.8. The van der Waals surface area contributed by atoms with Crippen molar-refractivity contribution in [3.05, 3.63) is 78.1 Å². The van der Waals surface area contributed by atoms with Crippen molar-refractivity contribution in [3.8, 4) is 0 Å². The molecule has 1 spiro atoms. The normalized spacial score (nSPS) is 19.8. The number of carbonyl (C=O) groups excluding carboxylic acids is 2. The Hall–Kier alpha value is -3.25. The zero-order valence-electron chi connectivity index (χ0n) is 19.4. The number of piperidine rings is 1. The third-order valence-corrected chi connectivity index (χ3v) is 7.24. The van der Waals surface area contributed by atoms with Crippen molar-refractivity contribution in [3.63, 3.8) is 0 Å². The van der Waals surface area contributed by atoms with E-state index >= 15 is 0 Å². The Morgan fingerprint density at radius 3 is 2.62 bits per heavy atom. The molecule has 6 heteroatoms. The zero-order valence-corrected chi connectivity index (χ0v) is 19.4. The molecule has 6 nitrogen and oxygen atoms in total. The summed E-state index contributed by atoms with van der Waals surface area (Å²) in [7, 11) is 0. The van der Waals surface area contributed by atoms with Gasteiger partial charge in [-0.1, -0.05) is 54.6 Å². The number of ether oxygens (including phenoxy) is 1. The molecular weight excluding hydrogens is 426 g/mol. The van der Waals surface area contributed by atoms with Crippen LogP contribution < -0.4 is 5.32 Å². The maximum Gasteiger partial charge on any atom is 0.273 e. The molecule has 2 saturated heterocycles. The molecule has 1 N–H and O–H groups in total. The summed E-state index contributed by atoms with van der Waals surface area (Å²) in [4.78, 5) is 32.1. The number of pyridine rings is 1. The third kappa shape index (κ3) is 4.97. The van der Waals surface area contributed by atoms with Gasteiger partial charge in [-0.2, -0.15) is 0 Å². The largest absolute Gasteiger partial charge is 0.375 e. The van der Waals surface area contributed by atoms with Crippen LogP contribution in [-0.2, 0) is 16.1 Å². The molecule has 3 aromatic rings. The number of hydrogen-bond acceptors (Lipinski definition) is 4. The van der Waals surface area contributed by atoms with Crippen LogP contribution in [0.2, 0.25) is 0 Å². The summed E-state index contributed by atoms with van der Waals surface area (Å²) in [5, 5.41) is 4.97. The van der Waals surface area contributed by atoms with Crippen LogP contribution in [0.1, 0.15) is 48.2 Å². The quantitative estimate of drug-likeness (QED) is 0.619. The van der Waals surface area contributed by atoms with Crippen molar-refractivity contribution in [1.82, 2.24) is 15.2 Å². The van der Waals surface area contributed by atoms with E-state index in [0.717, 1.165) is 42.0 Å². The standard InChI is InChI=1S/C28H31N3O3/c32-25(30-20-21-6-2-1-3-7-21)18-22-11-17-34-28(19-22)12-15-31(16-13-28)27(33)26-24-9-5-4-8-23(24)10-14-29-26/h1-10,14,22H,11-13,15-20H2,(H,30,32). The fraction of sp³-hybridized carbons (Fsp3) is 0.393. The Bertz CT molecular complexity index is 1150. The van der Waals surface area contributed by atoms with Gasteiger partial charge in [0.25, 0.3) is 5.91 Å². The minimum absolute atomic E-state index is 0.0145. The number of hydrogen-bond donors (Lipinski definition) is 1. The van der Waals surface area contributed by atoms with E-state index in [1.54, 1.807) is 6.20 Å². The van der Waals surface area contributed by atoms with Crippen molar-refractivity contribution in [2.45, 2.75) is 44.2 Å². The van der Waals surface area contributed by atoms with Crippen LogP contribution in [0.5, 0.6) is 0 Å². The molecule has 3 heterocycles. The van der Waals surface area contributed by atoms with Crippen molar-refractivity contribution < 1.29 is 14.3 Å². The monoisotopic (exact) mass is 457 g/mol. The van der Waals surface area contributed by atoms with Gasteiger partial charge in [0.2, 0.25) is 5.91 Å². The summed E-state index contributed by atoms with van der Waals surface area (Å²) in [6.45, 7) is 2.54. The van der Waals surface area contributed by atoms with E-state index < -0.39 is 0 Å². The van der Waals surface area contributed by atoms with Gasteiger partial charge in [-0.25, -0.2) is 0 Å². The molecule has 1 aromatic heterocycles. The first-order valence-corrected chi connectivity index (χ1v) is 12.2. The van der Waals surface area contributed by atoms with Gasteiger partial charge in [-0.3, -0.25) is 14.6 Å². The number of likely N-dealkylation sites (tertiary alicyclic amines) is 1. The summed E-state index contributed by atoms with van der Waals surface area (Å²) >= 11 is 0. The van der Waals surface area contributed by atoms with Gasteiger partial charge >= 0.3 is 0 Å². The SMILES string of the molecule is O=C(CC1CCOC2(CCN(C(=O)c3nccc4ccccc34)CC2)C1)NCc1ccccc1. The number of amides is 2. The second kappa shape index (κ2) is 9.94. The number of nitrogens with one attached hydrogen (secondary N) is 1. The fourth-order valence-electron chi connectivity index (χ4n) is 5.34. The minimum Gasteiger partial charge on any atom is -0.375 e. The molecule has 0 radical (unpaired) electrons. The number of rotatable bonds is 5. The highest BCUT2D eigenvalue weighted by atomic mass is 16.5. The molecule has 2 amide bonds. The number of aromatic nitrogens is 1. The Morgan fingerprint density at radius 1 is 1.03 bits per heavy atom. The van der Waals surface area contributed by atoms with Crippen LogP contribution in [0.25, 0.3) is 10.8 Å². The zero-order chi connectivity index (χ0) is 23.4. The number of benzene rings is 2. The summed E-state index contributed by atoms with van der Waals surface area (Å²) < 4.78 is 6.27. The first-order valence-electron chi connectivity index (χ1n) is 12.2. The van der Waals surface area contributed by atoms with E-state index in [9.17, 15) is 9.59 Å². The van der Waals surface area contributed by atoms with Gasteiger partial charge in [0.15, 0.2) is 0 Å². The average Bonchev–Trinajstić information content (AvgIpc) is 2.88. The van der Waals surface area contributed by atoms with Crippen molar-refractivity contribution in [2.24, 2.45) is 5.92 Å². The highest BCUT2D eigenvalue weighted by Crippen LogP contribution is 2.39. The topological polar surface area (TPSA) is 71.5 Å². The van der Waals surface area contributed by atoms with E-state index in [2.05, 4.69) is 10.3 Å². The molecule has 2 aliphatic heterocycles. The average molecular weight is 458 g/mol. The van der Waals surface area contributed by atoms with Crippen LogP contribution in [0.4, 0.5) is 0 Å². The van der Waals surface area contributed by atoms with E-state index in [-0.39, 0.29) is 17.4 Å². The first kappa shape index (κ1) is 22.5. The van der Waals surface area contributed by atoms with Gasteiger partial charge in [0.1, 0.15) is 5.69 Å².